The molecule has 2 aromatic carbocycles. The summed E-state index contributed by atoms with van der Waals surface area (Å²) in [7, 11) is 1.82. The van der Waals surface area contributed by atoms with E-state index in [9.17, 15) is 4.79 Å². The van der Waals surface area contributed by atoms with Crippen molar-refractivity contribution in [2.24, 2.45) is 0 Å². The zero-order valence-corrected chi connectivity index (χ0v) is 16.3. The molecule has 28 heavy (non-hydrogen) atoms. The van der Waals surface area contributed by atoms with Gasteiger partial charge in [0.15, 0.2) is 0 Å². The Kier molecular flexibility index (Phi) is 5.30. The molecule has 4 rings (SSSR count). The lowest BCUT2D eigenvalue weighted by molar-refractivity contribution is 0.0785. The fourth-order valence-corrected chi connectivity index (χ4v) is 3.77. The van der Waals surface area contributed by atoms with Gasteiger partial charge in [0.25, 0.3) is 5.91 Å². The van der Waals surface area contributed by atoms with E-state index in [1.807, 2.05) is 50.4 Å². The van der Waals surface area contributed by atoms with E-state index in [4.69, 9.17) is 9.47 Å². The van der Waals surface area contributed by atoms with Gasteiger partial charge in [-0.05, 0) is 36.6 Å². The normalized spacial score (nSPS) is 16.4. The molecule has 1 aliphatic heterocycles. The van der Waals surface area contributed by atoms with Gasteiger partial charge < -0.3 is 14.4 Å². The number of hydrogen-bond donors (Lipinski definition) is 1. The predicted octanol–water partition coefficient (Wildman–Crippen LogP) is 3.74. The van der Waals surface area contributed by atoms with E-state index in [2.05, 4.69) is 10.2 Å². The highest BCUT2D eigenvalue weighted by atomic mass is 16.5. The van der Waals surface area contributed by atoms with Crippen LogP contribution in [0.5, 0.6) is 5.75 Å². The maximum Gasteiger partial charge on any atom is 0.254 e. The lowest BCUT2D eigenvalue weighted by Gasteiger charge is -2.20. The van der Waals surface area contributed by atoms with E-state index in [0.29, 0.717) is 31.2 Å². The van der Waals surface area contributed by atoms with Crippen LogP contribution in [0.15, 0.2) is 42.6 Å². The Morgan fingerprint density at radius 1 is 1.36 bits per heavy atom. The summed E-state index contributed by atoms with van der Waals surface area (Å²) in [5.74, 6) is 1.08. The van der Waals surface area contributed by atoms with Crippen molar-refractivity contribution in [3.05, 3.63) is 59.3 Å². The summed E-state index contributed by atoms with van der Waals surface area (Å²) in [6, 6.07) is 11.8. The van der Waals surface area contributed by atoms with E-state index in [-0.39, 0.29) is 5.91 Å². The van der Waals surface area contributed by atoms with Gasteiger partial charge in [-0.2, -0.15) is 5.10 Å². The zero-order chi connectivity index (χ0) is 19.5. The largest absolute Gasteiger partial charge is 0.494 e. The van der Waals surface area contributed by atoms with Crippen LogP contribution in [-0.4, -0.2) is 47.9 Å². The van der Waals surface area contributed by atoms with E-state index in [0.717, 1.165) is 40.8 Å². The molecular weight excluding hydrogens is 354 g/mol. The molecule has 0 spiro atoms. The number of aromatic nitrogens is 2. The van der Waals surface area contributed by atoms with Crippen molar-refractivity contribution in [2.75, 3.05) is 26.9 Å². The number of aromatic amines is 1. The number of rotatable bonds is 6. The number of carbonyl (C=O) groups is 1. The zero-order valence-electron chi connectivity index (χ0n) is 16.3. The Balaban J connectivity index is 1.56. The highest BCUT2D eigenvalue weighted by Crippen LogP contribution is 2.33. The lowest BCUT2D eigenvalue weighted by Crippen LogP contribution is -2.26. The van der Waals surface area contributed by atoms with Gasteiger partial charge in [-0.25, -0.2) is 0 Å². The Hall–Kier alpha value is -2.86. The van der Waals surface area contributed by atoms with Crippen molar-refractivity contribution in [1.29, 1.82) is 0 Å². The molecule has 1 unspecified atom stereocenters. The van der Waals surface area contributed by atoms with Crippen molar-refractivity contribution >= 4 is 16.8 Å². The number of hydrogen-bond acceptors (Lipinski definition) is 4. The number of amides is 1. The van der Waals surface area contributed by atoms with Crippen LogP contribution in [0.1, 0.15) is 40.7 Å². The minimum Gasteiger partial charge on any atom is -0.494 e. The van der Waals surface area contributed by atoms with Crippen LogP contribution in [0.3, 0.4) is 0 Å². The van der Waals surface area contributed by atoms with Crippen molar-refractivity contribution < 1.29 is 14.3 Å². The first kappa shape index (κ1) is 18.5. The summed E-state index contributed by atoms with van der Waals surface area (Å²) in [5.41, 5.74) is 3.76. The smallest absolute Gasteiger partial charge is 0.254 e. The molecule has 1 atom stereocenters. The Labute approximate surface area is 164 Å². The maximum absolute atomic E-state index is 13.0. The summed E-state index contributed by atoms with van der Waals surface area (Å²) in [4.78, 5) is 14.8. The van der Waals surface area contributed by atoms with E-state index in [1.54, 1.807) is 11.1 Å². The average molecular weight is 379 g/mol. The van der Waals surface area contributed by atoms with E-state index in [1.165, 1.54) is 0 Å². The number of nitrogens with one attached hydrogen (secondary N) is 1. The summed E-state index contributed by atoms with van der Waals surface area (Å²) >= 11 is 0. The number of ether oxygens (including phenoxy) is 2. The van der Waals surface area contributed by atoms with Crippen LogP contribution in [0.2, 0.25) is 0 Å². The van der Waals surface area contributed by atoms with Crippen LogP contribution >= 0.6 is 0 Å². The summed E-state index contributed by atoms with van der Waals surface area (Å²) in [5, 5.41) is 8.16. The maximum atomic E-state index is 13.0. The van der Waals surface area contributed by atoms with Gasteiger partial charge in [0.1, 0.15) is 5.75 Å². The number of H-pyrrole nitrogens is 1. The molecule has 6 heteroatoms. The van der Waals surface area contributed by atoms with Crippen LogP contribution < -0.4 is 4.74 Å². The number of nitrogens with zero attached hydrogens (tertiary/aromatic N) is 2. The second kappa shape index (κ2) is 8.02. The number of para-hydroxylation sites is 1. The van der Waals surface area contributed by atoms with Gasteiger partial charge >= 0.3 is 0 Å². The molecule has 0 saturated carbocycles. The molecule has 1 N–H and O–H groups in total. The highest BCUT2D eigenvalue weighted by Gasteiger charge is 2.23. The summed E-state index contributed by atoms with van der Waals surface area (Å²) in [6.45, 7) is 4.51. The monoisotopic (exact) mass is 379 g/mol. The van der Waals surface area contributed by atoms with Crippen molar-refractivity contribution in [1.82, 2.24) is 15.1 Å². The van der Waals surface area contributed by atoms with Crippen molar-refractivity contribution in [2.45, 2.75) is 25.8 Å². The lowest BCUT2D eigenvalue weighted by atomic mass is 9.96. The molecule has 0 aliphatic carbocycles. The molecule has 0 radical (unpaired) electrons. The van der Waals surface area contributed by atoms with Gasteiger partial charge in [-0.1, -0.05) is 24.3 Å². The highest BCUT2D eigenvalue weighted by molar-refractivity contribution is 5.95. The quantitative estimate of drug-likeness (QED) is 0.708. The standard InChI is InChI=1S/C22H25N3O3/c1-3-28-20-11-15(7-8-19(20)18-9-10-27-14-18)22(26)25(2)13-17-6-4-5-16-12-23-24-21(16)17/h4-8,11-12,18H,3,9-10,13-14H2,1-2H3,(H,23,24). The third-order valence-electron chi connectivity index (χ3n) is 5.25. The fourth-order valence-electron chi connectivity index (χ4n) is 3.77. The topological polar surface area (TPSA) is 67.5 Å². The Bertz CT molecular complexity index is 976. The van der Waals surface area contributed by atoms with Crippen molar-refractivity contribution in [3.8, 4) is 5.75 Å². The molecule has 146 valence electrons. The van der Waals surface area contributed by atoms with Gasteiger partial charge in [-0.15, -0.1) is 0 Å². The predicted molar refractivity (Wildman–Crippen MR) is 108 cm³/mol. The first-order valence-electron chi connectivity index (χ1n) is 9.68. The molecule has 1 amide bonds. The second-order valence-electron chi connectivity index (χ2n) is 7.16. The van der Waals surface area contributed by atoms with Crippen molar-refractivity contribution in [3.63, 3.8) is 0 Å². The Morgan fingerprint density at radius 2 is 2.25 bits per heavy atom. The molecule has 2 heterocycles. The van der Waals surface area contributed by atoms with Gasteiger partial charge in [0.05, 0.1) is 24.9 Å². The molecular formula is C22H25N3O3. The third-order valence-corrected chi connectivity index (χ3v) is 5.25. The average Bonchev–Trinajstić information content (AvgIpc) is 3.40. The molecule has 1 fully saturated rings. The van der Waals surface area contributed by atoms with Gasteiger partial charge in [0.2, 0.25) is 0 Å². The molecule has 1 aromatic heterocycles. The summed E-state index contributed by atoms with van der Waals surface area (Å²) in [6.07, 6.45) is 2.78. The minimum atomic E-state index is -0.0355. The number of fused-ring (bicyclic) bond motifs is 1. The Morgan fingerprint density at radius 3 is 3.04 bits per heavy atom. The molecule has 0 bridgehead atoms. The molecule has 1 aliphatic rings. The fraction of sp³-hybridized carbons (Fsp3) is 0.364. The third kappa shape index (κ3) is 3.60. The van der Waals surface area contributed by atoms with Crippen LogP contribution in [-0.2, 0) is 11.3 Å². The molecule has 3 aromatic rings. The SMILES string of the molecule is CCOc1cc(C(=O)N(C)Cc2cccc3cn[nH]c23)ccc1C1CCOC1. The first-order chi connectivity index (χ1) is 13.7. The van der Waals surface area contributed by atoms with Crippen LogP contribution in [0, 0.1) is 0 Å². The van der Waals surface area contributed by atoms with Crippen LogP contribution in [0.4, 0.5) is 0 Å². The van der Waals surface area contributed by atoms with Crippen LogP contribution in [0.25, 0.3) is 10.9 Å². The molecule has 1 saturated heterocycles. The first-order valence-corrected chi connectivity index (χ1v) is 9.68. The van der Waals surface area contributed by atoms with Gasteiger partial charge in [-0.3, -0.25) is 9.89 Å². The number of benzene rings is 2. The summed E-state index contributed by atoms with van der Waals surface area (Å²) < 4.78 is 11.4. The second-order valence-corrected chi connectivity index (χ2v) is 7.16. The minimum absolute atomic E-state index is 0.0355. The van der Waals surface area contributed by atoms with E-state index >= 15 is 0 Å². The van der Waals surface area contributed by atoms with Gasteiger partial charge in [0, 0.05) is 37.1 Å². The number of carbonyl (C=O) groups excluding carboxylic acids is 1. The molecule has 6 nitrogen and oxygen atoms in total. The van der Waals surface area contributed by atoms with E-state index < -0.39 is 0 Å².